The van der Waals surface area contributed by atoms with Crippen molar-refractivity contribution in [1.29, 1.82) is 0 Å². The molecule has 0 heterocycles. The highest BCUT2D eigenvalue weighted by molar-refractivity contribution is 7.88. The topological polar surface area (TPSA) is 78.5 Å². The van der Waals surface area contributed by atoms with E-state index in [0.29, 0.717) is 11.3 Å². The zero-order valence-corrected chi connectivity index (χ0v) is 17.3. The number of halogens is 1. The number of hydrogen-bond acceptors (Lipinski definition) is 4. The van der Waals surface area contributed by atoms with Crippen molar-refractivity contribution in [3.63, 3.8) is 0 Å². The molecular weight excluding hydrogens is 381 g/mol. The Balaban J connectivity index is 1.96. The molecule has 2 N–H and O–H groups in total. The van der Waals surface area contributed by atoms with Crippen molar-refractivity contribution >= 4 is 21.6 Å². The number of rotatable bonds is 8. The molecule has 0 aliphatic heterocycles. The van der Waals surface area contributed by atoms with E-state index in [4.69, 9.17) is 0 Å². The highest BCUT2D eigenvalue weighted by Gasteiger charge is 2.13. The molecule has 0 saturated carbocycles. The number of hydrogen-bond donors (Lipinski definition) is 2. The third-order valence-electron chi connectivity index (χ3n) is 3.94. The van der Waals surface area contributed by atoms with Crippen LogP contribution in [0.15, 0.2) is 42.5 Å². The quantitative estimate of drug-likeness (QED) is 0.705. The molecular formula is C20H26FN3O3S. The van der Waals surface area contributed by atoms with E-state index < -0.39 is 15.8 Å². The maximum atomic E-state index is 14.0. The molecule has 1 amide bonds. The van der Waals surface area contributed by atoms with E-state index in [1.807, 2.05) is 0 Å². The second kappa shape index (κ2) is 9.16. The second-order valence-corrected chi connectivity index (χ2v) is 8.85. The van der Waals surface area contributed by atoms with Gasteiger partial charge >= 0.3 is 0 Å². The summed E-state index contributed by atoms with van der Waals surface area (Å²) in [5.41, 5.74) is 2.13. The molecule has 2 rings (SSSR count). The Morgan fingerprint density at radius 3 is 2.21 bits per heavy atom. The molecule has 6 nitrogen and oxygen atoms in total. The smallest absolute Gasteiger partial charge is 0.251 e. The first-order valence-electron chi connectivity index (χ1n) is 8.90. The van der Waals surface area contributed by atoms with Crippen molar-refractivity contribution in [2.45, 2.75) is 32.2 Å². The van der Waals surface area contributed by atoms with Crippen molar-refractivity contribution in [2.24, 2.45) is 0 Å². The fraction of sp³-hybridized carbons (Fsp3) is 0.350. The van der Waals surface area contributed by atoms with Crippen LogP contribution >= 0.6 is 0 Å². The van der Waals surface area contributed by atoms with Gasteiger partial charge in [-0.25, -0.2) is 17.5 Å². The number of sulfonamides is 1. The van der Waals surface area contributed by atoms with Gasteiger partial charge in [0, 0.05) is 32.2 Å². The first-order valence-corrected chi connectivity index (χ1v) is 10.6. The lowest BCUT2D eigenvalue weighted by Gasteiger charge is -2.14. The number of nitrogens with one attached hydrogen (secondary N) is 2. The molecule has 28 heavy (non-hydrogen) atoms. The molecule has 0 saturated heterocycles. The highest BCUT2D eigenvalue weighted by atomic mass is 32.2. The minimum Gasteiger partial charge on any atom is -0.375 e. The van der Waals surface area contributed by atoms with Gasteiger partial charge in [-0.2, -0.15) is 0 Å². The predicted molar refractivity (Wildman–Crippen MR) is 109 cm³/mol. The Morgan fingerprint density at radius 2 is 1.68 bits per heavy atom. The SMILES string of the molecule is CC(C)NS(=O)(=O)Cc1ccc(CNC(=O)c2ccc(N(C)C)c(F)c2)cc1. The Labute approximate surface area is 165 Å². The van der Waals surface area contributed by atoms with Crippen LogP contribution in [0.1, 0.15) is 35.3 Å². The monoisotopic (exact) mass is 407 g/mol. The molecule has 8 heteroatoms. The number of carbonyl (C=O) groups is 1. The van der Waals surface area contributed by atoms with Gasteiger partial charge in [0.15, 0.2) is 0 Å². The van der Waals surface area contributed by atoms with Gasteiger partial charge in [-0.3, -0.25) is 4.79 Å². The van der Waals surface area contributed by atoms with E-state index in [1.54, 1.807) is 69.2 Å². The summed E-state index contributed by atoms with van der Waals surface area (Å²) in [6, 6.07) is 11.1. The van der Waals surface area contributed by atoms with E-state index >= 15 is 0 Å². The number of carbonyl (C=O) groups excluding carboxylic acids is 1. The summed E-state index contributed by atoms with van der Waals surface area (Å²) < 4.78 is 40.5. The number of anilines is 1. The Hall–Kier alpha value is -2.45. The van der Waals surface area contributed by atoms with Gasteiger partial charge in [0.25, 0.3) is 5.91 Å². The van der Waals surface area contributed by atoms with Crippen molar-refractivity contribution in [1.82, 2.24) is 10.0 Å². The largest absolute Gasteiger partial charge is 0.375 e. The van der Waals surface area contributed by atoms with Crippen LogP contribution in [0.4, 0.5) is 10.1 Å². The summed E-state index contributed by atoms with van der Waals surface area (Å²) in [7, 11) is 0.0752. The van der Waals surface area contributed by atoms with Gasteiger partial charge in [0.05, 0.1) is 11.4 Å². The molecule has 152 valence electrons. The van der Waals surface area contributed by atoms with Gasteiger partial charge < -0.3 is 10.2 Å². The van der Waals surface area contributed by atoms with Gasteiger partial charge in [-0.15, -0.1) is 0 Å². The summed E-state index contributed by atoms with van der Waals surface area (Å²) in [6.45, 7) is 3.79. The van der Waals surface area contributed by atoms with Crippen LogP contribution in [-0.2, 0) is 22.3 Å². The second-order valence-electron chi connectivity index (χ2n) is 7.09. The van der Waals surface area contributed by atoms with Crippen molar-refractivity contribution in [3.8, 4) is 0 Å². The van der Waals surface area contributed by atoms with E-state index in [9.17, 15) is 17.6 Å². The average molecular weight is 408 g/mol. The third kappa shape index (κ3) is 6.31. The highest BCUT2D eigenvalue weighted by Crippen LogP contribution is 2.18. The first-order chi connectivity index (χ1) is 13.1. The lowest BCUT2D eigenvalue weighted by atomic mass is 10.1. The number of nitrogens with zero attached hydrogens (tertiary/aromatic N) is 1. The molecule has 0 radical (unpaired) electrons. The van der Waals surface area contributed by atoms with Gasteiger partial charge in [-0.05, 0) is 43.2 Å². The van der Waals surface area contributed by atoms with E-state index in [0.717, 1.165) is 5.56 Å². The number of amides is 1. The fourth-order valence-corrected chi connectivity index (χ4v) is 4.10. The normalized spacial score (nSPS) is 11.5. The fourth-order valence-electron chi connectivity index (χ4n) is 2.67. The Kier molecular flexibility index (Phi) is 7.15. The summed E-state index contributed by atoms with van der Waals surface area (Å²) in [5.74, 6) is -0.940. The lowest BCUT2D eigenvalue weighted by molar-refractivity contribution is 0.0950. The summed E-state index contributed by atoms with van der Waals surface area (Å²) in [4.78, 5) is 13.9. The molecule has 0 fully saturated rings. The van der Waals surface area contributed by atoms with Crippen LogP contribution in [-0.4, -0.2) is 34.5 Å². The molecule has 0 atom stereocenters. The predicted octanol–water partition coefficient (Wildman–Crippen LogP) is 2.65. The zero-order chi connectivity index (χ0) is 20.9. The van der Waals surface area contributed by atoms with E-state index in [1.165, 1.54) is 6.07 Å². The Morgan fingerprint density at radius 1 is 1.07 bits per heavy atom. The molecule has 0 bridgehead atoms. The molecule has 0 aliphatic rings. The number of benzene rings is 2. The molecule has 0 spiro atoms. The van der Waals surface area contributed by atoms with Gasteiger partial charge in [-0.1, -0.05) is 24.3 Å². The average Bonchev–Trinajstić information content (AvgIpc) is 2.59. The van der Waals surface area contributed by atoms with Crippen LogP contribution in [0, 0.1) is 5.82 Å². The van der Waals surface area contributed by atoms with Crippen LogP contribution in [0.25, 0.3) is 0 Å². The minimum absolute atomic E-state index is 0.102. The van der Waals surface area contributed by atoms with Crippen molar-refractivity contribution in [2.75, 3.05) is 19.0 Å². The maximum absolute atomic E-state index is 14.0. The minimum atomic E-state index is -3.38. The van der Waals surface area contributed by atoms with Crippen LogP contribution in [0.2, 0.25) is 0 Å². The van der Waals surface area contributed by atoms with Crippen molar-refractivity contribution < 1.29 is 17.6 Å². The molecule has 0 aromatic heterocycles. The summed E-state index contributed by atoms with van der Waals surface area (Å²) in [6.07, 6.45) is 0. The lowest BCUT2D eigenvalue weighted by Crippen LogP contribution is -2.31. The molecule has 0 unspecified atom stereocenters. The Bertz CT molecular complexity index is 926. The third-order valence-corrected chi connectivity index (χ3v) is 5.48. The standard InChI is InChI=1S/C20H26FN3O3S/c1-14(2)23-28(26,27)13-16-7-5-15(6-8-16)12-22-20(25)17-9-10-19(24(3)4)18(21)11-17/h5-11,14,23H,12-13H2,1-4H3,(H,22,25). The van der Waals surface area contributed by atoms with E-state index in [-0.39, 0.29) is 29.8 Å². The van der Waals surface area contributed by atoms with Crippen LogP contribution in [0.3, 0.4) is 0 Å². The molecule has 2 aromatic rings. The molecule has 0 aliphatic carbocycles. The maximum Gasteiger partial charge on any atom is 0.251 e. The first kappa shape index (κ1) is 21.8. The van der Waals surface area contributed by atoms with Crippen LogP contribution < -0.4 is 14.9 Å². The van der Waals surface area contributed by atoms with Gasteiger partial charge in [0.1, 0.15) is 5.82 Å². The van der Waals surface area contributed by atoms with Gasteiger partial charge in [0.2, 0.25) is 10.0 Å². The van der Waals surface area contributed by atoms with E-state index in [2.05, 4.69) is 10.0 Å². The van der Waals surface area contributed by atoms with Crippen molar-refractivity contribution in [3.05, 3.63) is 65.0 Å². The zero-order valence-electron chi connectivity index (χ0n) is 16.5. The summed E-state index contributed by atoms with van der Waals surface area (Å²) >= 11 is 0. The van der Waals surface area contributed by atoms with Crippen LogP contribution in [0.5, 0.6) is 0 Å². The molecule has 2 aromatic carbocycles. The summed E-state index contributed by atoms with van der Waals surface area (Å²) in [5, 5.41) is 2.74.